The number of phenols is 1. The second-order valence-corrected chi connectivity index (χ2v) is 7.62. The summed E-state index contributed by atoms with van der Waals surface area (Å²) in [5.41, 5.74) is 3.40. The quantitative estimate of drug-likeness (QED) is 0.586. The molecule has 1 aromatic rings. The van der Waals surface area contributed by atoms with Gasteiger partial charge in [0.15, 0.2) is 0 Å². The number of ether oxygens (including phenoxy) is 1. The number of aromatic hydroxyl groups is 1. The average molecular weight is 312 g/mol. The summed E-state index contributed by atoms with van der Waals surface area (Å²) in [6, 6.07) is 4.08. The fourth-order valence-electron chi connectivity index (χ4n) is 4.21. The Morgan fingerprint density at radius 1 is 1.39 bits per heavy atom. The Labute approximate surface area is 139 Å². The first-order valence-electron chi connectivity index (χ1n) is 8.73. The van der Waals surface area contributed by atoms with Gasteiger partial charge in [0.05, 0.1) is 0 Å². The van der Waals surface area contributed by atoms with Crippen LogP contribution in [0, 0.1) is 5.92 Å². The van der Waals surface area contributed by atoms with E-state index < -0.39 is 0 Å². The van der Waals surface area contributed by atoms with Crippen LogP contribution in [0.15, 0.2) is 36.4 Å². The molecule has 1 N–H and O–H groups in total. The molecule has 2 atom stereocenters. The molecule has 0 saturated heterocycles. The van der Waals surface area contributed by atoms with Crippen molar-refractivity contribution >= 4 is 0 Å². The second-order valence-electron chi connectivity index (χ2n) is 7.62. The van der Waals surface area contributed by atoms with Crippen LogP contribution in [0.3, 0.4) is 0 Å². The number of allylic oxidation sites excluding steroid dienone is 3. The highest BCUT2D eigenvalue weighted by molar-refractivity contribution is 5.52. The Kier molecular flexibility index (Phi) is 4.27. The first-order chi connectivity index (χ1) is 10.9. The lowest BCUT2D eigenvalue weighted by molar-refractivity contribution is 0.00753. The van der Waals surface area contributed by atoms with Crippen molar-refractivity contribution in [1.29, 1.82) is 0 Å². The molecule has 124 valence electrons. The maximum Gasteiger partial charge on any atom is 0.127 e. The van der Waals surface area contributed by atoms with E-state index >= 15 is 0 Å². The zero-order valence-electron chi connectivity index (χ0n) is 14.6. The van der Waals surface area contributed by atoms with Crippen molar-refractivity contribution in [2.24, 2.45) is 5.92 Å². The number of rotatable bonds is 4. The number of fused-ring (bicyclic) bond motifs is 3. The van der Waals surface area contributed by atoms with Crippen molar-refractivity contribution in [2.45, 2.75) is 64.4 Å². The van der Waals surface area contributed by atoms with E-state index in [4.69, 9.17) is 4.74 Å². The number of unbranched alkanes of at least 4 members (excludes halogenated alkanes) is 1. The molecule has 2 nitrogen and oxygen atoms in total. The molecule has 0 unspecified atom stereocenters. The van der Waals surface area contributed by atoms with Gasteiger partial charge in [0.2, 0.25) is 0 Å². The zero-order chi connectivity index (χ0) is 16.6. The molecule has 0 amide bonds. The topological polar surface area (TPSA) is 29.5 Å². The third-order valence-corrected chi connectivity index (χ3v) is 5.44. The number of phenolic OH excluding ortho intramolecular Hbond substituents is 1. The van der Waals surface area contributed by atoms with Crippen LogP contribution in [0.4, 0.5) is 0 Å². The molecule has 1 heterocycles. The van der Waals surface area contributed by atoms with Crippen molar-refractivity contribution in [3.8, 4) is 11.5 Å². The molecule has 3 rings (SSSR count). The molecule has 0 radical (unpaired) electrons. The fourth-order valence-corrected chi connectivity index (χ4v) is 4.21. The van der Waals surface area contributed by atoms with Gasteiger partial charge in [-0.05, 0) is 70.6 Å². The van der Waals surface area contributed by atoms with Gasteiger partial charge >= 0.3 is 0 Å². The number of hydrogen-bond acceptors (Lipinski definition) is 2. The highest BCUT2D eigenvalue weighted by Crippen LogP contribution is 2.54. The summed E-state index contributed by atoms with van der Waals surface area (Å²) in [5.74, 6) is 2.09. The van der Waals surface area contributed by atoms with Gasteiger partial charge in [-0.25, -0.2) is 0 Å². The molecule has 0 saturated carbocycles. The Hall–Kier alpha value is -1.70. The third-order valence-electron chi connectivity index (χ3n) is 5.44. The van der Waals surface area contributed by atoms with E-state index in [1.807, 2.05) is 12.1 Å². The maximum absolute atomic E-state index is 10.7. The van der Waals surface area contributed by atoms with Gasteiger partial charge in [0.25, 0.3) is 0 Å². The van der Waals surface area contributed by atoms with E-state index in [9.17, 15) is 5.11 Å². The minimum Gasteiger partial charge on any atom is -0.508 e. The highest BCUT2D eigenvalue weighted by atomic mass is 16.5. The predicted octanol–water partition coefficient (Wildman–Crippen LogP) is 5.51. The molecular weight excluding hydrogens is 284 g/mol. The van der Waals surface area contributed by atoms with Gasteiger partial charge in [0, 0.05) is 17.4 Å². The molecule has 2 heteroatoms. The molecule has 1 aliphatic heterocycles. The lowest BCUT2D eigenvalue weighted by Crippen LogP contribution is -2.45. The van der Waals surface area contributed by atoms with Crippen LogP contribution in [0.5, 0.6) is 11.5 Å². The van der Waals surface area contributed by atoms with Gasteiger partial charge in [-0.15, -0.1) is 6.58 Å². The standard InChI is InChI=1S/C21H28O2/c1-5-6-7-8-15-12-18(22)20-16-11-14(2)9-10-17(16)21(3,4)23-19(20)13-15/h5,9,12-13,16-17,22H,1,6-8,10-11H2,2-4H3/t16-,17-/m1/s1. The third kappa shape index (κ3) is 3.04. The van der Waals surface area contributed by atoms with E-state index in [0.29, 0.717) is 17.6 Å². The molecule has 1 aromatic carbocycles. The molecular formula is C21H28O2. The predicted molar refractivity (Wildman–Crippen MR) is 95.2 cm³/mol. The van der Waals surface area contributed by atoms with Crippen LogP contribution in [0.1, 0.15) is 63.5 Å². The first-order valence-corrected chi connectivity index (χ1v) is 8.73. The second kappa shape index (κ2) is 6.07. The summed E-state index contributed by atoms with van der Waals surface area (Å²) in [7, 11) is 0. The lowest BCUT2D eigenvalue weighted by atomic mass is 9.67. The van der Waals surface area contributed by atoms with Crippen LogP contribution in [0.25, 0.3) is 0 Å². The Morgan fingerprint density at radius 2 is 2.17 bits per heavy atom. The van der Waals surface area contributed by atoms with Gasteiger partial charge in [0.1, 0.15) is 17.1 Å². The van der Waals surface area contributed by atoms with E-state index in [2.05, 4.69) is 39.5 Å². The molecule has 0 fully saturated rings. The van der Waals surface area contributed by atoms with E-state index in [-0.39, 0.29) is 5.60 Å². The molecule has 0 aromatic heterocycles. The van der Waals surface area contributed by atoms with Crippen LogP contribution in [-0.2, 0) is 6.42 Å². The van der Waals surface area contributed by atoms with Crippen LogP contribution < -0.4 is 4.74 Å². The smallest absolute Gasteiger partial charge is 0.127 e. The number of benzene rings is 1. The molecule has 23 heavy (non-hydrogen) atoms. The first kappa shape index (κ1) is 16.2. The van der Waals surface area contributed by atoms with E-state index in [0.717, 1.165) is 49.0 Å². The molecule has 2 aliphatic rings. The van der Waals surface area contributed by atoms with Crippen molar-refractivity contribution in [2.75, 3.05) is 0 Å². The normalized spacial score (nSPS) is 24.9. The van der Waals surface area contributed by atoms with Crippen molar-refractivity contribution in [1.82, 2.24) is 0 Å². The zero-order valence-corrected chi connectivity index (χ0v) is 14.6. The largest absolute Gasteiger partial charge is 0.508 e. The van der Waals surface area contributed by atoms with Crippen LogP contribution in [-0.4, -0.2) is 10.7 Å². The summed E-state index contributed by atoms with van der Waals surface area (Å²) in [6.07, 6.45) is 9.33. The average Bonchev–Trinajstić information content (AvgIpc) is 2.46. The maximum atomic E-state index is 10.7. The van der Waals surface area contributed by atoms with E-state index in [1.54, 1.807) is 0 Å². The highest BCUT2D eigenvalue weighted by Gasteiger charge is 2.45. The summed E-state index contributed by atoms with van der Waals surface area (Å²) >= 11 is 0. The van der Waals surface area contributed by atoms with Gasteiger partial charge in [-0.1, -0.05) is 17.7 Å². The van der Waals surface area contributed by atoms with Crippen molar-refractivity contribution < 1.29 is 9.84 Å². The monoisotopic (exact) mass is 312 g/mol. The molecule has 0 bridgehead atoms. The summed E-state index contributed by atoms with van der Waals surface area (Å²) < 4.78 is 6.34. The van der Waals surface area contributed by atoms with Gasteiger partial charge < -0.3 is 9.84 Å². The van der Waals surface area contributed by atoms with E-state index in [1.165, 1.54) is 5.57 Å². The Morgan fingerprint density at radius 3 is 2.91 bits per heavy atom. The van der Waals surface area contributed by atoms with Gasteiger partial charge in [-0.3, -0.25) is 0 Å². The molecule has 0 spiro atoms. The summed E-state index contributed by atoms with van der Waals surface area (Å²) in [5, 5.41) is 10.7. The minimum atomic E-state index is -0.193. The van der Waals surface area contributed by atoms with Crippen molar-refractivity contribution in [3.05, 3.63) is 47.6 Å². The van der Waals surface area contributed by atoms with Crippen molar-refractivity contribution in [3.63, 3.8) is 0 Å². The number of hydrogen-bond donors (Lipinski definition) is 1. The summed E-state index contributed by atoms with van der Waals surface area (Å²) in [6.45, 7) is 10.3. The summed E-state index contributed by atoms with van der Waals surface area (Å²) in [4.78, 5) is 0. The van der Waals surface area contributed by atoms with Crippen LogP contribution >= 0.6 is 0 Å². The lowest BCUT2D eigenvalue weighted by Gasteiger charge is -2.47. The van der Waals surface area contributed by atoms with Crippen LogP contribution in [0.2, 0.25) is 0 Å². The fraction of sp³-hybridized carbons (Fsp3) is 0.524. The SMILES string of the molecule is C=CCCCc1cc(O)c2c(c1)OC(C)(C)[C@@H]1CC=C(C)C[C@@H]21. The van der Waals surface area contributed by atoms with Gasteiger partial charge in [-0.2, -0.15) is 0 Å². The molecule has 1 aliphatic carbocycles. The Balaban J connectivity index is 1.98. The minimum absolute atomic E-state index is 0.193. The number of aryl methyl sites for hydroxylation is 1. The Bertz CT molecular complexity index is 639.